The van der Waals surface area contributed by atoms with Crippen molar-refractivity contribution in [3.63, 3.8) is 0 Å². The summed E-state index contributed by atoms with van der Waals surface area (Å²) in [4.78, 5) is 14.7. The summed E-state index contributed by atoms with van der Waals surface area (Å²) in [7, 11) is 4.75. The van der Waals surface area contributed by atoms with E-state index >= 15 is 0 Å². The van der Waals surface area contributed by atoms with E-state index in [4.69, 9.17) is 19.3 Å². The highest BCUT2D eigenvalue weighted by atomic mass is 16.5. The van der Waals surface area contributed by atoms with Gasteiger partial charge in [-0.2, -0.15) is 9.90 Å². The van der Waals surface area contributed by atoms with Gasteiger partial charge in [-0.25, -0.2) is 5.01 Å². The molecule has 1 aliphatic rings. The fourth-order valence-corrected chi connectivity index (χ4v) is 4.23. The third-order valence-electron chi connectivity index (χ3n) is 6.14. The van der Waals surface area contributed by atoms with Gasteiger partial charge in [0.2, 0.25) is 5.82 Å². The van der Waals surface area contributed by atoms with Crippen molar-refractivity contribution in [3.05, 3.63) is 83.9 Å². The van der Waals surface area contributed by atoms with Crippen LogP contribution in [0.15, 0.2) is 77.9 Å². The van der Waals surface area contributed by atoms with Crippen molar-refractivity contribution in [2.45, 2.75) is 19.0 Å². The molecule has 188 valence electrons. The van der Waals surface area contributed by atoms with Gasteiger partial charge < -0.3 is 14.2 Å². The number of carbonyl (C=O) groups is 1. The van der Waals surface area contributed by atoms with E-state index in [-0.39, 0.29) is 18.5 Å². The maximum Gasteiger partial charge on any atom is 0.266 e. The molecule has 0 saturated carbocycles. The minimum Gasteiger partial charge on any atom is -0.497 e. The molecule has 1 aliphatic heterocycles. The number of methoxy groups -OCH3 is 3. The lowest BCUT2D eigenvalue weighted by molar-refractivity contribution is -0.134. The van der Waals surface area contributed by atoms with E-state index in [9.17, 15) is 4.79 Å². The Morgan fingerprint density at radius 1 is 0.892 bits per heavy atom. The first kappa shape index (κ1) is 24.0. The Morgan fingerprint density at radius 3 is 2.35 bits per heavy atom. The summed E-state index contributed by atoms with van der Waals surface area (Å²) in [5, 5.41) is 18.8. The number of hydrazone groups is 1. The fraction of sp³-hybridized carbons (Fsp3) is 0.222. The Balaban J connectivity index is 1.39. The summed E-state index contributed by atoms with van der Waals surface area (Å²) >= 11 is 0. The van der Waals surface area contributed by atoms with Gasteiger partial charge in [0.15, 0.2) is 11.5 Å². The summed E-state index contributed by atoms with van der Waals surface area (Å²) in [5.41, 5.74) is 3.47. The molecule has 10 nitrogen and oxygen atoms in total. The average molecular weight is 499 g/mol. The predicted octanol–water partition coefficient (Wildman–Crippen LogP) is 3.74. The molecular weight excluding hydrogens is 472 g/mol. The number of carbonyl (C=O) groups excluding carboxylic acids is 1. The van der Waals surface area contributed by atoms with Crippen LogP contribution in [0.5, 0.6) is 17.2 Å². The average Bonchev–Trinajstić information content (AvgIpc) is 3.61. The Morgan fingerprint density at radius 2 is 1.65 bits per heavy atom. The van der Waals surface area contributed by atoms with E-state index in [1.807, 2.05) is 54.6 Å². The third kappa shape index (κ3) is 4.99. The van der Waals surface area contributed by atoms with Crippen molar-refractivity contribution in [2.75, 3.05) is 21.3 Å². The number of amides is 1. The lowest BCUT2D eigenvalue weighted by Crippen LogP contribution is -2.31. The number of hydrogen-bond donors (Lipinski definition) is 0. The standard InChI is InChI=1S/C27H26N6O4/c1-35-21-12-9-19(10-13-21)23-16-22(18-7-5-4-6-8-18)29-33(23)26(34)17-32-30-27(28-31-32)20-11-14-24(36-2)25(15-20)37-3/h4-15,23H,16-17H2,1-3H3. The summed E-state index contributed by atoms with van der Waals surface area (Å²) in [6.07, 6.45) is 0.587. The lowest BCUT2D eigenvalue weighted by Gasteiger charge is -2.22. The number of aromatic nitrogens is 4. The number of benzene rings is 3. The van der Waals surface area contributed by atoms with Crippen LogP contribution in [0, 0.1) is 0 Å². The van der Waals surface area contributed by atoms with Crippen LogP contribution >= 0.6 is 0 Å². The molecule has 4 aromatic rings. The highest BCUT2D eigenvalue weighted by Gasteiger charge is 2.33. The lowest BCUT2D eigenvalue weighted by atomic mass is 9.98. The first-order valence-corrected chi connectivity index (χ1v) is 11.7. The highest BCUT2D eigenvalue weighted by molar-refractivity contribution is 6.03. The van der Waals surface area contributed by atoms with Gasteiger partial charge in [0.05, 0.1) is 33.1 Å². The van der Waals surface area contributed by atoms with E-state index in [0.717, 1.165) is 22.6 Å². The quantitative estimate of drug-likeness (QED) is 0.364. The van der Waals surface area contributed by atoms with Crippen LogP contribution in [-0.2, 0) is 11.3 Å². The van der Waals surface area contributed by atoms with Crippen molar-refractivity contribution in [1.29, 1.82) is 0 Å². The van der Waals surface area contributed by atoms with E-state index < -0.39 is 0 Å². The van der Waals surface area contributed by atoms with E-state index in [2.05, 4.69) is 15.4 Å². The number of nitrogens with zero attached hydrogens (tertiary/aromatic N) is 6. The maximum absolute atomic E-state index is 13.5. The van der Waals surface area contributed by atoms with Gasteiger partial charge in [-0.15, -0.1) is 10.2 Å². The largest absolute Gasteiger partial charge is 0.497 e. The number of rotatable bonds is 8. The van der Waals surface area contributed by atoms with Crippen molar-refractivity contribution < 1.29 is 19.0 Å². The predicted molar refractivity (Wildman–Crippen MR) is 137 cm³/mol. The SMILES string of the molecule is COc1ccc(C2CC(c3ccccc3)=NN2C(=O)Cn2nnc(-c3ccc(OC)c(OC)c3)n2)cc1. The first-order valence-electron chi connectivity index (χ1n) is 11.7. The van der Waals surface area contributed by atoms with Gasteiger partial charge in [-0.05, 0) is 46.7 Å². The normalized spacial score (nSPS) is 14.8. The second-order valence-corrected chi connectivity index (χ2v) is 8.36. The van der Waals surface area contributed by atoms with Crippen molar-refractivity contribution in [2.24, 2.45) is 5.10 Å². The first-order chi connectivity index (χ1) is 18.1. The smallest absolute Gasteiger partial charge is 0.266 e. The monoisotopic (exact) mass is 498 g/mol. The zero-order valence-corrected chi connectivity index (χ0v) is 20.7. The van der Waals surface area contributed by atoms with Crippen LogP contribution < -0.4 is 14.2 Å². The molecule has 1 atom stereocenters. The number of tetrazole rings is 1. The Bertz CT molecular complexity index is 1420. The molecule has 0 spiro atoms. The van der Waals surface area contributed by atoms with Gasteiger partial charge in [0.1, 0.15) is 12.3 Å². The molecule has 37 heavy (non-hydrogen) atoms. The molecule has 5 rings (SSSR count). The molecule has 1 amide bonds. The van der Waals surface area contributed by atoms with Crippen LogP contribution in [0.25, 0.3) is 11.4 Å². The Labute approximate surface area is 214 Å². The van der Waals surface area contributed by atoms with Crippen molar-refractivity contribution in [1.82, 2.24) is 25.2 Å². The molecule has 2 heterocycles. The number of ether oxygens (including phenoxy) is 3. The zero-order valence-electron chi connectivity index (χ0n) is 20.7. The Hall–Kier alpha value is -4.73. The number of hydrogen-bond acceptors (Lipinski definition) is 8. The van der Waals surface area contributed by atoms with Gasteiger partial charge >= 0.3 is 0 Å². The Kier molecular flexibility index (Phi) is 6.80. The zero-order chi connectivity index (χ0) is 25.8. The van der Waals surface area contributed by atoms with Crippen LogP contribution in [0.1, 0.15) is 23.6 Å². The highest BCUT2D eigenvalue weighted by Crippen LogP contribution is 2.34. The minimum atomic E-state index is -0.262. The molecule has 0 bridgehead atoms. The summed E-state index contributed by atoms with van der Waals surface area (Å²) in [5.74, 6) is 2.02. The molecule has 3 aromatic carbocycles. The topological polar surface area (TPSA) is 104 Å². The van der Waals surface area contributed by atoms with Crippen LogP contribution in [0.2, 0.25) is 0 Å². The third-order valence-corrected chi connectivity index (χ3v) is 6.14. The van der Waals surface area contributed by atoms with Gasteiger partial charge in [-0.1, -0.05) is 42.5 Å². The molecule has 10 heteroatoms. The van der Waals surface area contributed by atoms with E-state index in [1.54, 1.807) is 39.5 Å². The summed E-state index contributed by atoms with van der Waals surface area (Å²) < 4.78 is 15.9. The molecule has 0 radical (unpaired) electrons. The molecule has 0 fully saturated rings. The van der Waals surface area contributed by atoms with E-state index in [0.29, 0.717) is 29.3 Å². The molecule has 0 N–H and O–H groups in total. The molecular formula is C27H26N6O4. The molecule has 0 aliphatic carbocycles. The minimum absolute atomic E-state index is 0.113. The van der Waals surface area contributed by atoms with E-state index in [1.165, 1.54) is 9.81 Å². The second-order valence-electron chi connectivity index (χ2n) is 8.36. The summed E-state index contributed by atoms with van der Waals surface area (Å²) in [6, 6.07) is 22.6. The molecule has 1 aromatic heterocycles. The van der Waals surface area contributed by atoms with Crippen molar-refractivity contribution in [3.8, 4) is 28.6 Å². The van der Waals surface area contributed by atoms with Crippen LogP contribution in [0.3, 0.4) is 0 Å². The van der Waals surface area contributed by atoms with Gasteiger partial charge in [0, 0.05) is 12.0 Å². The second kappa shape index (κ2) is 10.5. The van der Waals surface area contributed by atoms with Gasteiger partial charge in [-0.3, -0.25) is 4.79 Å². The maximum atomic E-state index is 13.5. The van der Waals surface area contributed by atoms with Crippen LogP contribution in [0.4, 0.5) is 0 Å². The van der Waals surface area contributed by atoms with Crippen molar-refractivity contribution >= 4 is 11.6 Å². The van der Waals surface area contributed by atoms with Crippen LogP contribution in [-0.4, -0.2) is 58.2 Å². The molecule has 0 saturated heterocycles. The molecule has 1 unspecified atom stereocenters. The fourth-order valence-electron chi connectivity index (χ4n) is 4.23. The van der Waals surface area contributed by atoms with Gasteiger partial charge in [0.25, 0.3) is 5.91 Å². The summed E-state index contributed by atoms with van der Waals surface area (Å²) in [6.45, 7) is -0.113.